The molecule has 0 spiro atoms. The van der Waals surface area contributed by atoms with Gasteiger partial charge in [0.15, 0.2) is 0 Å². The summed E-state index contributed by atoms with van der Waals surface area (Å²) in [5, 5.41) is 1.98. The van der Waals surface area contributed by atoms with Crippen LogP contribution < -0.4 is 10.2 Å². The highest BCUT2D eigenvalue weighted by Gasteiger charge is 2.39. The van der Waals surface area contributed by atoms with Crippen LogP contribution in [0.25, 0.3) is 0 Å². The van der Waals surface area contributed by atoms with E-state index in [-0.39, 0.29) is 0 Å². The van der Waals surface area contributed by atoms with Crippen molar-refractivity contribution in [3.63, 3.8) is 0 Å². The summed E-state index contributed by atoms with van der Waals surface area (Å²) in [4.78, 5) is 35.2. The molecule has 0 atom stereocenters. The second-order valence-electron chi connectivity index (χ2n) is 4.15. The molecule has 1 aromatic rings. The van der Waals surface area contributed by atoms with Crippen molar-refractivity contribution in [2.24, 2.45) is 0 Å². The SMILES string of the molecule is Cc1cc(C)c(N2C(=O)NC(=O)C2=O)c(C)c1. The number of nitrogens with one attached hydrogen (secondary N) is 1. The summed E-state index contributed by atoms with van der Waals surface area (Å²) in [5.74, 6) is -1.71. The molecule has 1 saturated heterocycles. The molecule has 17 heavy (non-hydrogen) atoms. The molecule has 0 aromatic heterocycles. The molecule has 5 nitrogen and oxygen atoms in total. The molecule has 1 aliphatic heterocycles. The molecule has 0 saturated carbocycles. The zero-order valence-electron chi connectivity index (χ0n) is 9.83. The molecule has 0 bridgehead atoms. The number of urea groups is 1. The topological polar surface area (TPSA) is 66.5 Å². The number of carbonyl (C=O) groups is 3. The molecule has 1 fully saturated rings. The fraction of sp³-hybridized carbons (Fsp3) is 0.250. The first-order valence-electron chi connectivity index (χ1n) is 5.19. The van der Waals surface area contributed by atoms with Crippen LogP contribution in [0.1, 0.15) is 16.7 Å². The first-order valence-corrected chi connectivity index (χ1v) is 5.19. The van der Waals surface area contributed by atoms with Gasteiger partial charge in [0.1, 0.15) is 0 Å². The Morgan fingerprint density at radius 1 is 1.00 bits per heavy atom. The van der Waals surface area contributed by atoms with Gasteiger partial charge in [-0.25, -0.2) is 9.69 Å². The van der Waals surface area contributed by atoms with Gasteiger partial charge in [-0.3, -0.25) is 14.9 Å². The van der Waals surface area contributed by atoms with E-state index in [0.29, 0.717) is 5.69 Å². The Kier molecular flexibility index (Phi) is 2.46. The molecule has 0 aliphatic carbocycles. The molecular formula is C12H12N2O3. The third kappa shape index (κ3) is 1.69. The Labute approximate surface area is 98.4 Å². The number of rotatable bonds is 1. The highest BCUT2D eigenvalue weighted by Crippen LogP contribution is 2.27. The van der Waals surface area contributed by atoms with Crippen molar-refractivity contribution in [2.45, 2.75) is 20.8 Å². The first kappa shape index (κ1) is 11.3. The Morgan fingerprint density at radius 2 is 1.53 bits per heavy atom. The van der Waals surface area contributed by atoms with Gasteiger partial charge in [0.05, 0.1) is 5.69 Å². The smallest absolute Gasteiger partial charge is 0.269 e. The van der Waals surface area contributed by atoms with Gasteiger partial charge in [-0.05, 0) is 31.9 Å². The van der Waals surface area contributed by atoms with Crippen LogP contribution in [0, 0.1) is 20.8 Å². The van der Waals surface area contributed by atoms with Crippen LogP contribution in [0.15, 0.2) is 12.1 Å². The molecule has 88 valence electrons. The standard InChI is InChI=1S/C12H12N2O3/c1-6-4-7(2)9(8(3)5-6)14-11(16)10(15)13-12(14)17/h4-5H,1-3H3,(H,13,15,17). The van der Waals surface area contributed by atoms with E-state index in [9.17, 15) is 14.4 Å². The van der Waals surface area contributed by atoms with Crippen LogP contribution in [-0.2, 0) is 9.59 Å². The number of hydrogen-bond donors (Lipinski definition) is 1. The molecule has 0 radical (unpaired) electrons. The van der Waals surface area contributed by atoms with Gasteiger partial charge in [-0.1, -0.05) is 17.7 Å². The van der Waals surface area contributed by atoms with E-state index in [0.717, 1.165) is 21.6 Å². The van der Waals surface area contributed by atoms with Gasteiger partial charge in [0.2, 0.25) is 0 Å². The van der Waals surface area contributed by atoms with E-state index in [2.05, 4.69) is 0 Å². The Bertz CT molecular complexity index is 526. The summed E-state index contributed by atoms with van der Waals surface area (Å²) in [6.45, 7) is 5.54. The van der Waals surface area contributed by atoms with Crippen LogP contribution in [0.3, 0.4) is 0 Å². The number of imide groups is 2. The molecule has 1 N–H and O–H groups in total. The minimum atomic E-state index is -0.880. The first-order chi connectivity index (χ1) is 7.91. The zero-order chi connectivity index (χ0) is 12.7. The van der Waals surface area contributed by atoms with Gasteiger partial charge in [0, 0.05) is 0 Å². The van der Waals surface area contributed by atoms with E-state index in [1.807, 2.05) is 24.4 Å². The lowest BCUT2D eigenvalue weighted by Crippen LogP contribution is -2.32. The van der Waals surface area contributed by atoms with Crippen molar-refractivity contribution in [1.29, 1.82) is 0 Å². The Hall–Kier alpha value is -2.17. The predicted octanol–water partition coefficient (Wildman–Crippen LogP) is 1.19. The third-order valence-electron chi connectivity index (χ3n) is 2.68. The van der Waals surface area contributed by atoms with Crippen LogP contribution in [0.2, 0.25) is 0 Å². The Balaban J connectivity index is 2.59. The van der Waals surface area contributed by atoms with Crippen LogP contribution >= 0.6 is 0 Å². The summed E-state index contributed by atoms with van der Waals surface area (Å²) in [5.41, 5.74) is 3.12. The van der Waals surface area contributed by atoms with E-state index in [1.165, 1.54) is 0 Å². The lowest BCUT2D eigenvalue weighted by atomic mass is 10.0. The number of nitrogens with zero attached hydrogens (tertiary/aromatic N) is 1. The van der Waals surface area contributed by atoms with Crippen LogP contribution in [0.4, 0.5) is 10.5 Å². The molecule has 1 aromatic carbocycles. The molecule has 2 rings (SSSR count). The van der Waals surface area contributed by atoms with Crippen LogP contribution in [0.5, 0.6) is 0 Å². The normalized spacial score (nSPS) is 15.5. The average molecular weight is 232 g/mol. The molecular weight excluding hydrogens is 220 g/mol. The number of hydrogen-bond acceptors (Lipinski definition) is 3. The lowest BCUT2D eigenvalue weighted by molar-refractivity contribution is -0.134. The zero-order valence-corrected chi connectivity index (χ0v) is 9.83. The number of benzene rings is 1. The highest BCUT2D eigenvalue weighted by molar-refractivity contribution is 6.53. The maximum absolute atomic E-state index is 11.6. The minimum absolute atomic E-state index is 0.490. The highest BCUT2D eigenvalue weighted by atomic mass is 16.2. The average Bonchev–Trinajstić information content (AvgIpc) is 2.43. The molecule has 1 aliphatic rings. The molecule has 4 amide bonds. The van der Waals surface area contributed by atoms with Crippen molar-refractivity contribution in [3.05, 3.63) is 28.8 Å². The number of amides is 4. The Morgan fingerprint density at radius 3 is 1.94 bits per heavy atom. The van der Waals surface area contributed by atoms with Gasteiger partial charge < -0.3 is 0 Å². The number of aryl methyl sites for hydroxylation is 3. The minimum Gasteiger partial charge on any atom is -0.269 e. The van der Waals surface area contributed by atoms with Gasteiger partial charge >= 0.3 is 17.8 Å². The fourth-order valence-electron chi connectivity index (χ4n) is 2.13. The summed E-state index contributed by atoms with van der Waals surface area (Å²) < 4.78 is 0. The van der Waals surface area contributed by atoms with Gasteiger partial charge in [-0.2, -0.15) is 0 Å². The van der Waals surface area contributed by atoms with Crippen molar-refractivity contribution < 1.29 is 14.4 Å². The van der Waals surface area contributed by atoms with Crippen molar-refractivity contribution >= 4 is 23.5 Å². The second-order valence-corrected chi connectivity index (χ2v) is 4.15. The number of carbonyl (C=O) groups excluding carboxylic acids is 3. The van der Waals surface area contributed by atoms with Gasteiger partial charge in [0.25, 0.3) is 0 Å². The summed E-state index contributed by atoms with van der Waals surface area (Å²) >= 11 is 0. The molecule has 1 heterocycles. The van der Waals surface area contributed by atoms with E-state index >= 15 is 0 Å². The summed E-state index contributed by atoms with van der Waals surface area (Å²) in [7, 11) is 0. The van der Waals surface area contributed by atoms with Crippen molar-refractivity contribution in [3.8, 4) is 0 Å². The maximum Gasteiger partial charge on any atom is 0.336 e. The van der Waals surface area contributed by atoms with Crippen molar-refractivity contribution in [2.75, 3.05) is 4.90 Å². The summed E-state index contributed by atoms with van der Waals surface area (Å²) in [6.07, 6.45) is 0. The molecule has 5 heteroatoms. The second kappa shape index (κ2) is 3.69. The third-order valence-corrected chi connectivity index (χ3v) is 2.68. The van der Waals surface area contributed by atoms with Crippen molar-refractivity contribution in [1.82, 2.24) is 5.32 Å². The maximum atomic E-state index is 11.6. The number of anilines is 1. The fourth-order valence-corrected chi connectivity index (χ4v) is 2.13. The largest absolute Gasteiger partial charge is 0.336 e. The monoisotopic (exact) mass is 232 g/mol. The van der Waals surface area contributed by atoms with Gasteiger partial charge in [-0.15, -0.1) is 0 Å². The summed E-state index contributed by atoms with van der Waals surface area (Å²) in [6, 6.07) is 3.05. The van der Waals surface area contributed by atoms with Crippen LogP contribution in [-0.4, -0.2) is 17.8 Å². The van der Waals surface area contributed by atoms with E-state index in [4.69, 9.17) is 0 Å². The molecule has 0 unspecified atom stereocenters. The van der Waals surface area contributed by atoms with E-state index < -0.39 is 17.8 Å². The predicted molar refractivity (Wildman–Crippen MR) is 61.7 cm³/mol. The quantitative estimate of drug-likeness (QED) is 0.584. The lowest BCUT2D eigenvalue weighted by Gasteiger charge is -2.17. The van der Waals surface area contributed by atoms with E-state index in [1.54, 1.807) is 13.8 Å².